The van der Waals surface area contributed by atoms with Crippen LogP contribution in [0.1, 0.15) is 20.7 Å². The van der Waals surface area contributed by atoms with Crippen molar-refractivity contribution in [2.75, 3.05) is 0 Å². The summed E-state index contributed by atoms with van der Waals surface area (Å²) in [6.45, 7) is 0. The van der Waals surface area contributed by atoms with Crippen LogP contribution in [0.4, 0.5) is 0 Å². The van der Waals surface area contributed by atoms with Crippen molar-refractivity contribution >= 4 is 35.1 Å². The molecule has 0 bridgehead atoms. The van der Waals surface area contributed by atoms with Gasteiger partial charge in [-0.05, 0) is 29.8 Å². The summed E-state index contributed by atoms with van der Waals surface area (Å²) >= 11 is 12.1. The standard InChI is InChI=1S/C14H8Cl2O4/c15-10-5-9(14(19)20)6-11(16)12(10)7-1-3-8(4-2-7)13(17)18/h1-6H,(H,17,18)(H,19,20). The molecule has 0 aliphatic carbocycles. The number of carboxylic acids is 2. The second-order valence-corrected chi connectivity index (χ2v) is 4.82. The molecule has 0 atom stereocenters. The second-order valence-electron chi connectivity index (χ2n) is 4.00. The van der Waals surface area contributed by atoms with Crippen molar-refractivity contribution in [3.63, 3.8) is 0 Å². The highest BCUT2D eigenvalue weighted by Crippen LogP contribution is 2.36. The highest BCUT2D eigenvalue weighted by molar-refractivity contribution is 6.39. The molecule has 2 N–H and O–H groups in total. The van der Waals surface area contributed by atoms with Gasteiger partial charge in [0, 0.05) is 5.56 Å². The third-order valence-corrected chi connectivity index (χ3v) is 3.31. The Morgan fingerprint density at radius 2 is 1.25 bits per heavy atom. The van der Waals surface area contributed by atoms with Crippen LogP contribution in [0.25, 0.3) is 11.1 Å². The van der Waals surface area contributed by atoms with Crippen molar-refractivity contribution in [2.45, 2.75) is 0 Å². The lowest BCUT2D eigenvalue weighted by atomic mass is 10.0. The molecule has 0 radical (unpaired) electrons. The fourth-order valence-electron chi connectivity index (χ4n) is 1.75. The van der Waals surface area contributed by atoms with Crippen molar-refractivity contribution in [3.05, 3.63) is 57.6 Å². The predicted molar refractivity (Wildman–Crippen MR) is 75.8 cm³/mol. The van der Waals surface area contributed by atoms with E-state index in [1.807, 2.05) is 0 Å². The van der Waals surface area contributed by atoms with Gasteiger partial charge in [-0.3, -0.25) is 0 Å². The minimum Gasteiger partial charge on any atom is -0.478 e. The fourth-order valence-corrected chi connectivity index (χ4v) is 2.46. The van der Waals surface area contributed by atoms with Crippen LogP contribution in [0, 0.1) is 0 Å². The van der Waals surface area contributed by atoms with Crippen LogP contribution >= 0.6 is 23.2 Å². The molecular formula is C14H8Cl2O4. The molecule has 2 rings (SSSR count). The molecule has 0 unspecified atom stereocenters. The smallest absolute Gasteiger partial charge is 0.335 e. The molecule has 0 saturated carbocycles. The van der Waals surface area contributed by atoms with Crippen LogP contribution in [0.5, 0.6) is 0 Å². The lowest BCUT2D eigenvalue weighted by molar-refractivity contribution is 0.0686. The summed E-state index contributed by atoms with van der Waals surface area (Å²) in [7, 11) is 0. The maximum absolute atomic E-state index is 10.9. The molecule has 0 aliphatic heterocycles. The molecule has 0 fully saturated rings. The van der Waals surface area contributed by atoms with E-state index in [-0.39, 0.29) is 21.2 Å². The van der Waals surface area contributed by atoms with E-state index in [2.05, 4.69) is 0 Å². The van der Waals surface area contributed by atoms with E-state index in [1.54, 1.807) is 12.1 Å². The van der Waals surface area contributed by atoms with Gasteiger partial charge in [0.1, 0.15) is 0 Å². The van der Waals surface area contributed by atoms with Crippen molar-refractivity contribution in [3.8, 4) is 11.1 Å². The normalized spacial score (nSPS) is 10.3. The first-order valence-electron chi connectivity index (χ1n) is 5.46. The van der Waals surface area contributed by atoms with Crippen LogP contribution in [-0.2, 0) is 0 Å². The Bertz CT molecular complexity index is 670. The Balaban J connectivity index is 2.52. The number of hydrogen-bond acceptors (Lipinski definition) is 2. The first kappa shape index (κ1) is 14.4. The monoisotopic (exact) mass is 310 g/mol. The summed E-state index contributed by atoms with van der Waals surface area (Å²) in [6.07, 6.45) is 0. The molecule has 6 heteroatoms. The van der Waals surface area contributed by atoms with Gasteiger partial charge in [0.15, 0.2) is 0 Å². The van der Waals surface area contributed by atoms with Crippen LogP contribution in [-0.4, -0.2) is 22.2 Å². The number of halogens is 2. The molecular weight excluding hydrogens is 303 g/mol. The van der Waals surface area contributed by atoms with E-state index in [9.17, 15) is 9.59 Å². The van der Waals surface area contributed by atoms with Crippen LogP contribution in [0.15, 0.2) is 36.4 Å². The van der Waals surface area contributed by atoms with Gasteiger partial charge in [-0.1, -0.05) is 35.3 Å². The topological polar surface area (TPSA) is 74.6 Å². The number of rotatable bonds is 3. The molecule has 0 aliphatic rings. The van der Waals surface area contributed by atoms with Crippen LogP contribution < -0.4 is 0 Å². The number of hydrogen-bond donors (Lipinski definition) is 2. The summed E-state index contributed by atoms with van der Waals surface area (Å²) in [5, 5.41) is 18.1. The average molecular weight is 311 g/mol. The predicted octanol–water partition coefficient (Wildman–Crippen LogP) is 4.06. The zero-order chi connectivity index (χ0) is 14.9. The Kier molecular flexibility index (Phi) is 3.97. The van der Waals surface area contributed by atoms with Crippen molar-refractivity contribution in [2.24, 2.45) is 0 Å². The second kappa shape index (κ2) is 5.53. The number of carbonyl (C=O) groups is 2. The van der Waals surface area contributed by atoms with E-state index in [4.69, 9.17) is 33.4 Å². The van der Waals surface area contributed by atoms with Gasteiger partial charge >= 0.3 is 11.9 Å². The third-order valence-electron chi connectivity index (χ3n) is 2.71. The lowest BCUT2D eigenvalue weighted by Crippen LogP contribution is -1.98. The summed E-state index contributed by atoms with van der Waals surface area (Å²) in [5.41, 5.74) is 1.21. The van der Waals surface area contributed by atoms with Gasteiger partial charge in [-0.2, -0.15) is 0 Å². The van der Waals surface area contributed by atoms with E-state index in [0.717, 1.165) is 0 Å². The first-order chi connectivity index (χ1) is 9.40. The molecule has 0 aromatic heterocycles. The minimum atomic E-state index is -1.12. The number of carboxylic acid groups (broad SMARTS) is 2. The van der Waals surface area contributed by atoms with Gasteiger partial charge in [0.05, 0.1) is 21.2 Å². The zero-order valence-corrected chi connectivity index (χ0v) is 11.4. The van der Waals surface area contributed by atoms with Gasteiger partial charge in [-0.15, -0.1) is 0 Å². The molecule has 4 nitrogen and oxygen atoms in total. The Hall–Kier alpha value is -2.04. The molecule has 0 amide bonds. The van der Waals surface area contributed by atoms with E-state index in [0.29, 0.717) is 11.1 Å². The molecule has 20 heavy (non-hydrogen) atoms. The number of benzene rings is 2. The highest BCUT2D eigenvalue weighted by Gasteiger charge is 2.14. The van der Waals surface area contributed by atoms with Crippen molar-refractivity contribution in [1.82, 2.24) is 0 Å². The first-order valence-corrected chi connectivity index (χ1v) is 6.22. The Morgan fingerprint density at radius 3 is 1.65 bits per heavy atom. The quantitative estimate of drug-likeness (QED) is 0.896. The highest BCUT2D eigenvalue weighted by atomic mass is 35.5. The largest absolute Gasteiger partial charge is 0.478 e. The van der Waals surface area contributed by atoms with E-state index >= 15 is 0 Å². The maximum atomic E-state index is 10.9. The van der Waals surface area contributed by atoms with Gasteiger partial charge in [-0.25, -0.2) is 9.59 Å². The molecule has 102 valence electrons. The molecule has 0 saturated heterocycles. The summed E-state index contributed by atoms with van der Waals surface area (Å²) in [4.78, 5) is 21.7. The van der Waals surface area contributed by atoms with Gasteiger partial charge in [0.2, 0.25) is 0 Å². The Labute approximate surface area is 124 Å². The van der Waals surface area contributed by atoms with E-state index < -0.39 is 11.9 Å². The fraction of sp³-hybridized carbons (Fsp3) is 0. The summed E-state index contributed by atoms with van der Waals surface area (Å²) < 4.78 is 0. The van der Waals surface area contributed by atoms with Crippen molar-refractivity contribution in [1.29, 1.82) is 0 Å². The SMILES string of the molecule is O=C(O)c1ccc(-c2c(Cl)cc(C(=O)O)cc2Cl)cc1. The van der Waals surface area contributed by atoms with Crippen LogP contribution in [0.2, 0.25) is 10.0 Å². The zero-order valence-electron chi connectivity index (χ0n) is 9.93. The average Bonchev–Trinajstić information content (AvgIpc) is 2.38. The van der Waals surface area contributed by atoms with Gasteiger partial charge < -0.3 is 10.2 Å². The summed E-state index contributed by atoms with van der Waals surface area (Å²) in [6, 6.07) is 8.59. The number of aromatic carboxylic acids is 2. The summed E-state index contributed by atoms with van der Waals surface area (Å²) in [5.74, 6) is -2.16. The Morgan fingerprint density at radius 1 is 0.800 bits per heavy atom. The van der Waals surface area contributed by atoms with E-state index in [1.165, 1.54) is 24.3 Å². The molecule has 0 spiro atoms. The maximum Gasteiger partial charge on any atom is 0.335 e. The van der Waals surface area contributed by atoms with Crippen molar-refractivity contribution < 1.29 is 19.8 Å². The lowest BCUT2D eigenvalue weighted by Gasteiger charge is -2.09. The van der Waals surface area contributed by atoms with Crippen LogP contribution in [0.3, 0.4) is 0 Å². The molecule has 0 heterocycles. The molecule has 2 aromatic carbocycles. The molecule has 2 aromatic rings. The minimum absolute atomic E-state index is 0.00842. The third kappa shape index (κ3) is 2.76. The van der Waals surface area contributed by atoms with Gasteiger partial charge in [0.25, 0.3) is 0 Å².